The van der Waals surface area contributed by atoms with Gasteiger partial charge in [-0.2, -0.15) is 0 Å². The average molecular weight is 342 g/mol. The number of rotatable bonds is 8. The number of likely N-dealkylation sites (N-methyl/N-ethyl adjacent to an activating group) is 1. The molecule has 0 aliphatic heterocycles. The van der Waals surface area contributed by atoms with E-state index in [1.54, 1.807) is 31.3 Å². The van der Waals surface area contributed by atoms with Gasteiger partial charge in [0.15, 0.2) is 6.54 Å². The topological polar surface area (TPSA) is 71.9 Å². The molecule has 0 aliphatic rings. The first-order valence-electron chi connectivity index (χ1n) is 8.19. The Hall–Kier alpha value is -2.86. The maximum Gasteiger partial charge on any atom is 0.279 e. The van der Waals surface area contributed by atoms with Crippen LogP contribution in [0.1, 0.15) is 10.4 Å². The zero-order chi connectivity index (χ0) is 18.1. The van der Waals surface area contributed by atoms with Gasteiger partial charge in [0.25, 0.3) is 11.8 Å². The van der Waals surface area contributed by atoms with Gasteiger partial charge in [-0.1, -0.05) is 18.2 Å². The van der Waals surface area contributed by atoms with Crippen LogP contribution in [0.5, 0.6) is 5.75 Å². The van der Waals surface area contributed by atoms with Gasteiger partial charge in [0.1, 0.15) is 18.9 Å². The molecule has 1 atom stereocenters. The van der Waals surface area contributed by atoms with Crippen LogP contribution in [0.15, 0.2) is 54.6 Å². The third-order valence-corrected chi connectivity index (χ3v) is 3.66. The predicted octanol–water partition coefficient (Wildman–Crippen LogP) is 0.578. The summed E-state index contributed by atoms with van der Waals surface area (Å²) in [5.41, 5.74) is 1.23. The van der Waals surface area contributed by atoms with Gasteiger partial charge in [-0.3, -0.25) is 9.59 Å². The fraction of sp³-hybridized carbons (Fsp3) is 0.263. The van der Waals surface area contributed by atoms with Crippen molar-refractivity contribution in [1.29, 1.82) is 0 Å². The van der Waals surface area contributed by atoms with Crippen molar-refractivity contribution in [3.05, 3.63) is 60.2 Å². The van der Waals surface area contributed by atoms with Crippen LogP contribution in [0.2, 0.25) is 0 Å². The molecule has 1 unspecified atom stereocenters. The number of anilines is 1. The lowest BCUT2D eigenvalue weighted by Crippen LogP contribution is -3.10. The summed E-state index contributed by atoms with van der Waals surface area (Å²) in [6, 6.07) is 16.4. The molecule has 6 heteroatoms. The van der Waals surface area contributed by atoms with E-state index in [4.69, 9.17) is 4.74 Å². The molecule has 0 heterocycles. The van der Waals surface area contributed by atoms with Crippen LogP contribution in [0.3, 0.4) is 0 Å². The quantitative estimate of drug-likeness (QED) is 0.657. The highest BCUT2D eigenvalue weighted by Crippen LogP contribution is 2.09. The highest BCUT2D eigenvalue weighted by molar-refractivity contribution is 5.95. The lowest BCUT2D eigenvalue weighted by atomic mass is 10.2. The Morgan fingerprint density at radius 3 is 2.36 bits per heavy atom. The number of carbonyl (C=O) groups excluding carboxylic acids is 2. The van der Waals surface area contributed by atoms with Gasteiger partial charge in [0.05, 0.1) is 7.05 Å². The second-order valence-corrected chi connectivity index (χ2v) is 5.75. The van der Waals surface area contributed by atoms with E-state index >= 15 is 0 Å². The van der Waals surface area contributed by atoms with Gasteiger partial charge in [-0.25, -0.2) is 0 Å². The Balaban J connectivity index is 1.72. The Morgan fingerprint density at radius 1 is 1.04 bits per heavy atom. The van der Waals surface area contributed by atoms with Crippen LogP contribution in [0, 0.1) is 0 Å². The molecular weight excluding hydrogens is 318 g/mol. The van der Waals surface area contributed by atoms with Crippen LogP contribution < -0.4 is 20.3 Å². The molecular formula is C19H24N3O3+. The van der Waals surface area contributed by atoms with Crippen molar-refractivity contribution in [3.63, 3.8) is 0 Å². The molecule has 2 aromatic carbocycles. The third-order valence-electron chi connectivity index (χ3n) is 3.66. The first-order chi connectivity index (χ1) is 12.1. The van der Waals surface area contributed by atoms with Gasteiger partial charge in [0, 0.05) is 18.3 Å². The highest BCUT2D eigenvalue weighted by atomic mass is 16.5. The zero-order valence-corrected chi connectivity index (χ0v) is 14.5. The third kappa shape index (κ3) is 6.27. The number of ether oxygens (including phenoxy) is 1. The van der Waals surface area contributed by atoms with E-state index < -0.39 is 0 Å². The molecule has 2 aromatic rings. The van der Waals surface area contributed by atoms with Crippen molar-refractivity contribution in [2.45, 2.75) is 0 Å². The van der Waals surface area contributed by atoms with Crippen LogP contribution in [0.4, 0.5) is 5.69 Å². The summed E-state index contributed by atoms with van der Waals surface area (Å²) in [7, 11) is 3.53. The van der Waals surface area contributed by atoms with Crippen molar-refractivity contribution < 1.29 is 19.2 Å². The molecule has 0 radical (unpaired) electrons. The normalized spacial score (nSPS) is 11.4. The second-order valence-electron chi connectivity index (χ2n) is 5.75. The summed E-state index contributed by atoms with van der Waals surface area (Å²) in [4.78, 5) is 24.6. The van der Waals surface area contributed by atoms with Crippen LogP contribution in [0.25, 0.3) is 0 Å². The average Bonchev–Trinajstić information content (AvgIpc) is 2.62. The lowest BCUT2D eigenvalue weighted by Gasteiger charge is -2.14. The summed E-state index contributed by atoms with van der Waals surface area (Å²) in [5.74, 6) is 0.598. The van der Waals surface area contributed by atoms with Crippen molar-refractivity contribution in [2.24, 2.45) is 0 Å². The summed E-state index contributed by atoms with van der Waals surface area (Å²) < 4.78 is 5.63. The Bertz CT molecular complexity index is 687. The summed E-state index contributed by atoms with van der Waals surface area (Å²) in [6.45, 7) is 1.61. The van der Waals surface area contributed by atoms with Crippen LogP contribution >= 0.6 is 0 Å². The molecule has 2 rings (SSSR count). The standard InChI is InChI=1S/C19H23N3O3/c1-20-19(24)15-8-10-16(11-9-15)21-18(23)14-22(2)12-13-25-17-6-4-3-5-7-17/h3-11H,12-14H2,1-2H3,(H,20,24)(H,21,23)/p+1. The first kappa shape index (κ1) is 18.5. The summed E-state index contributed by atoms with van der Waals surface area (Å²) in [6.07, 6.45) is 0. The van der Waals surface area contributed by atoms with E-state index in [2.05, 4.69) is 10.6 Å². The molecule has 2 amide bonds. The smallest absolute Gasteiger partial charge is 0.279 e. The molecule has 0 saturated heterocycles. The Labute approximate surface area is 147 Å². The number of carbonyl (C=O) groups is 2. The van der Waals surface area contributed by atoms with Crippen LogP contribution in [-0.2, 0) is 4.79 Å². The largest absolute Gasteiger partial charge is 0.488 e. The zero-order valence-electron chi connectivity index (χ0n) is 14.5. The summed E-state index contributed by atoms with van der Waals surface area (Å²) >= 11 is 0. The lowest BCUT2D eigenvalue weighted by molar-refractivity contribution is -0.871. The van der Waals surface area contributed by atoms with E-state index in [0.29, 0.717) is 24.4 Å². The maximum atomic E-state index is 12.1. The number of benzene rings is 2. The van der Waals surface area contributed by atoms with Gasteiger partial charge in [0.2, 0.25) is 0 Å². The first-order valence-corrected chi connectivity index (χ1v) is 8.19. The van der Waals surface area contributed by atoms with Gasteiger partial charge < -0.3 is 20.3 Å². The van der Waals surface area contributed by atoms with E-state index in [-0.39, 0.29) is 11.8 Å². The van der Waals surface area contributed by atoms with E-state index in [1.165, 1.54) is 0 Å². The number of nitrogens with one attached hydrogen (secondary N) is 3. The van der Waals surface area contributed by atoms with E-state index in [9.17, 15) is 9.59 Å². The van der Waals surface area contributed by atoms with E-state index in [1.807, 2.05) is 37.4 Å². The van der Waals surface area contributed by atoms with Gasteiger partial charge in [-0.05, 0) is 36.4 Å². The predicted molar refractivity (Wildman–Crippen MR) is 97.0 cm³/mol. The van der Waals surface area contributed by atoms with Crippen molar-refractivity contribution >= 4 is 17.5 Å². The molecule has 0 aliphatic carbocycles. The molecule has 132 valence electrons. The second kappa shape index (κ2) is 9.44. The minimum absolute atomic E-state index is 0.0788. The number of para-hydroxylation sites is 1. The molecule has 6 nitrogen and oxygen atoms in total. The fourth-order valence-corrected chi connectivity index (χ4v) is 2.28. The van der Waals surface area contributed by atoms with Gasteiger partial charge in [-0.15, -0.1) is 0 Å². The molecule has 0 fully saturated rings. The summed E-state index contributed by atoms with van der Waals surface area (Å²) in [5, 5.41) is 5.39. The fourth-order valence-electron chi connectivity index (χ4n) is 2.28. The monoisotopic (exact) mass is 342 g/mol. The molecule has 3 N–H and O–H groups in total. The number of hydrogen-bond acceptors (Lipinski definition) is 3. The minimum atomic E-state index is -0.152. The SMILES string of the molecule is CNC(=O)c1ccc(NC(=O)C[NH+](C)CCOc2ccccc2)cc1. The van der Waals surface area contributed by atoms with Crippen molar-refractivity contribution in [3.8, 4) is 5.75 Å². The van der Waals surface area contributed by atoms with E-state index in [0.717, 1.165) is 17.2 Å². The minimum Gasteiger partial charge on any atom is -0.488 e. The number of amides is 2. The molecule has 0 spiro atoms. The molecule has 25 heavy (non-hydrogen) atoms. The van der Waals surface area contributed by atoms with Crippen molar-refractivity contribution in [1.82, 2.24) is 5.32 Å². The van der Waals surface area contributed by atoms with Gasteiger partial charge >= 0.3 is 0 Å². The Morgan fingerprint density at radius 2 is 1.72 bits per heavy atom. The highest BCUT2D eigenvalue weighted by Gasteiger charge is 2.11. The molecule has 0 saturated carbocycles. The maximum absolute atomic E-state index is 12.1. The number of quaternary nitrogens is 1. The molecule has 0 bridgehead atoms. The van der Waals surface area contributed by atoms with Crippen molar-refractivity contribution in [2.75, 3.05) is 39.1 Å². The Kier molecular flexibility index (Phi) is 6.98. The number of hydrogen-bond donors (Lipinski definition) is 3. The molecule has 0 aromatic heterocycles. The van der Waals surface area contributed by atoms with Crippen LogP contribution in [-0.4, -0.2) is 45.6 Å².